The van der Waals surface area contributed by atoms with Crippen molar-refractivity contribution in [2.24, 2.45) is 11.3 Å². The molecule has 0 heterocycles. The zero-order valence-electron chi connectivity index (χ0n) is 11.7. The van der Waals surface area contributed by atoms with Crippen molar-refractivity contribution in [3.05, 3.63) is 0 Å². The van der Waals surface area contributed by atoms with Gasteiger partial charge in [-0.15, -0.1) is 0 Å². The SMILES string of the molecule is CCC(C)(C)C(=O)NCC1(O)CCCC(C)C1. The highest BCUT2D eigenvalue weighted by Crippen LogP contribution is 2.32. The lowest BCUT2D eigenvalue weighted by Gasteiger charge is -2.36. The first-order chi connectivity index (χ1) is 7.79. The molecule has 0 aromatic heterocycles. The van der Waals surface area contributed by atoms with Crippen LogP contribution in [-0.2, 0) is 4.79 Å². The molecule has 1 amide bonds. The van der Waals surface area contributed by atoms with E-state index in [0.29, 0.717) is 12.5 Å². The molecule has 0 aromatic rings. The van der Waals surface area contributed by atoms with Gasteiger partial charge in [-0.2, -0.15) is 0 Å². The molecule has 1 aliphatic rings. The van der Waals surface area contributed by atoms with Crippen molar-refractivity contribution in [1.82, 2.24) is 5.32 Å². The van der Waals surface area contributed by atoms with Crippen molar-refractivity contribution in [1.29, 1.82) is 0 Å². The Hall–Kier alpha value is -0.570. The van der Waals surface area contributed by atoms with E-state index in [0.717, 1.165) is 25.7 Å². The predicted octanol–water partition coefficient (Wildman–Crippen LogP) is 2.48. The average molecular weight is 241 g/mol. The molecular formula is C14H27NO2. The zero-order valence-corrected chi connectivity index (χ0v) is 11.7. The monoisotopic (exact) mass is 241 g/mol. The highest BCUT2D eigenvalue weighted by atomic mass is 16.3. The Bertz CT molecular complexity index is 275. The third kappa shape index (κ3) is 3.98. The van der Waals surface area contributed by atoms with Gasteiger partial charge in [0.15, 0.2) is 0 Å². The van der Waals surface area contributed by atoms with Gasteiger partial charge in [-0.05, 0) is 25.2 Å². The number of carbonyl (C=O) groups is 1. The maximum atomic E-state index is 11.9. The molecule has 1 aliphatic carbocycles. The molecule has 17 heavy (non-hydrogen) atoms. The first-order valence-electron chi connectivity index (χ1n) is 6.80. The molecular weight excluding hydrogens is 214 g/mol. The Kier molecular flexibility index (Phi) is 4.59. The van der Waals surface area contributed by atoms with Crippen LogP contribution >= 0.6 is 0 Å². The second-order valence-corrected chi connectivity index (χ2v) is 6.35. The summed E-state index contributed by atoms with van der Waals surface area (Å²) in [6, 6.07) is 0. The minimum Gasteiger partial charge on any atom is -0.388 e. The van der Waals surface area contributed by atoms with Crippen LogP contribution in [0.3, 0.4) is 0 Å². The number of nitrogens with one attached hydrogen (secondary N) is 1. The van der Waals surface area contributed by atoms with Crippen LogP contribution in [-0.4, -0.2) is 23.2 Å². The summed E-state index contributed by atoms with van der Waals surface area (Å²) in [5, 5.41) is 13.3. The van der Waals surface area contributed by atoms with E-state index in [1.807, 2.05) is 20.8 Å². The first-order valence-corrected chi connectivity index (χ1v) is 6.80. The summed E-state index contributed by atoms with van der Waals surface area (Å²) in [6.07, 6.45) is 4.68. The molecule has 0 radical (unpaired) electrons. The van der Waals surface area contributed by atoms with E-state index in [-0.39, 0.29) is 11.3 Å². The summed E-state index contributed by atoms with van der Waals surface area (Å²) < 4.78 is 0. The van der Waals surface area contributed by atoms with Crippen LogP contribution in [0.2, 0.25) is 0 Å². The second-order valence-electron chi connectivity index (χ2n) is 6.35. The van der Waals surface area contributed by atoms with E-state index in [2.05, 4.69) is 12.2 Å². The second kappa shape index (κ2) is 5.38. The van der Waals surface area contributed by atoms with Crippen molar-refractivity contribution in [2.75, 3.05) is 6.54 Å². The largest absolute Gasteiger partial charge is 0.388 e. The summed E-state index contributed by atoms with van der Waals surface area (Å²) in [6.45, 7) is 8.46. The van der Waals surface area contributed by atoms with Gasteiger partial charge in [-0.1, -0.05) is 40.5 Å². The molecule has 100 valence electrons. The Balaban J connectivity index is 2.47. The molecule has 0 aliphatic heterocycles. The van der Waals surface area contributed by atoms with Gasteiger partial charge in [-0.25, -0.2) is 0 Å². The fourth-order valence-corrected chi connectivity index (χ4v) is 2.44. The lowest BCUT2D eigenvalue weighted by atomic mass is 9.78. The quantitative estimate of drug-likeness (QED) is 0.794. The summed E-state index contributed by atoms with van der Waals surface area (Å²) in [4.78, 5) is 11.9. The zero-order chi connectivity index (χ0) is 13.1. The minimum atomic E-state index is -0.683. The number of amides is 1. The molecule has 1 rings (SSSR count). The Morgan fingerprint density at radius 1 is 1.53 bits per heavy atom. The van der Waals surface area contributed by atoms with Gasteiger partial charge in [0, 0.05) is 12.0 Å². The van der Waals surface area contributed by atoms with E-state index >= 15 is 0 Å². The lowest BCUT2D eigenvalue weighted by molar-refractivity contribution is -0.131. The van der Waals surface area contributed by atoms with E-state index in [4.69, 9.17) is 0 Å². The van der Waals surface area contributed by atoms with Crippen molar-refractivity contribution in [3.63, 3.8) is 0 Å². The fourth-order valence-electron chi connectivity index (χ4n) is 2.44. The minimum absolute atomic E-state index is 0.0478. The molecule has 0 spiro atoms. The van der Waals surface area contributed by atoms with Gasteiger partial charge in [0.1, 0.15) is 0 Å². The third-order valence-corrected chi connectivity index (χ3v) is 4.14. The van der Waals surface area contributed by atoms with Crippen LogP contribution in [0.15, 0.2) is 0 Å². The standard InChI is InChI=1S/C14H27NO2/c1-5-13(3,4)12(16)15-10-14(17)8-6-7-11(2)9-14/h11,17H,5-10H2,1-4H3,(H,15,16). The molecule has 0 bridgehead atoms. The molecule has 0 saturated heterocycles. The van der Waals surface area contributed by atoms with Gasteiger partial charge in [0.2, 0.25) is 5.91 Å². The van der Waals surface area contributed by atoms with Crippen LogP contribution < -0.4 is 5.32 Å². The number of rotatable bonds is 4. The molecule has 2 atom stereocenters. The van der Waals surface area contributed by atoms with E-state index < -0.39 is 5.60 Å². The number of hydrogen-bond acceptors (Lipinski definition) is 2. The maximum Gasteiger partial charge on any atom is 0.225 e. The van der Waals surface area contributed by atoms with E-state index in [9.17, 15) is 9.90 Å². The summed E-state index contributed by atoms with van der Waals surface area (Å²) in [5.41, 5.74) is -1.02. The molecule has 3 nitrogen and oxygen atoms in total. The van der Waals surface area contributed by atoms with Gasteiger partial charge in [0.05, 0.1) is 5.60 Å². The van der Waals surface area contributed by atoms with Crippen LogP contribution in [0.4, 0.5) is 0 Å². The third-order valence-electron chi connectivity index (χ3n) is 4.14. The van der Waals surface area contributed by atoms with Gasteiger partial charge in [-0.3, -0.25) is 4.79 Å². The average Bonchev–Trinajstić information content (AvgIpc) is 2.25. The maximum absolute atomic E-state index is 11.9. The fraction of sp³-hybridized carbons (Fsp3) is 0.929. The Labute approximate surface area is 105 Å². The predicted molar refractivity (Wildman–Crippen MR) is 69.7 cm³/mol. The van der Waals surface area contributed by atoms with Gasteiger partial charge >= 0.3 is 0 Å². The Morgan fingerprint density at radius 3 is 2.71 bits per heavy atom. The van der Waals surface area contributed by atoms with Crippen molar-refractivity contribution in [2.45, 2.75) is 65.4 Å². The van der Waals surface area contributed by atoms with Crippen molar-refractivity contribution >= 4 is 5.91 Å². The lowest BCUT2D eigenvalue weighted by Crippen LogP contribution is -2.48. The summed E-state index contributed by atoms with van der Waals surface area (Å²) in [5.74, 6) is 0.608. The number of carbonyl (C=O) groups excluding carboxylic acids is 1. The highest BCUT2D eigenvalue weighted by molar-refractivity contribution is 5.81. The van der Waals surface area contributed by atoms with Crippen LogP contribution in [0, 0.1) is 11.3 Å². The van der Waals surface area contributed by atoms with Crippen LogP contribution in [0.1, 0.15) is 59.8 Å². The van der Waals surface area contributed by atoms with E-state index in [1.54, 1.807) is 0 Å². The number of aliphatic hydroxyl groups is 1. The normalized spacial score (nSPS) is 30.1. The van der Waals surface area contributed by atoms with Crippen LogP contribution in [0.25, 0.3) is 0 Å². The first kappa shape index (κ1) is 14.5. The van der Waals surface area contributed by atoms with E-state index in [1.165, 1.54) is 6.42 Å². The molecule has 0 aromatic carbocycles. The smallest absolute Gasteiger partial charge is 0.225 e. The molecule has 2 N–H and O–H groups in total. The number of hydrogen-bond donors (Lipinski definition) is 2. The van der Waals surface area contributed by atoms with Gasteiger partial charge in [0.25, 0.3) is 0 Å². The topological polar surface area (TPSA) is 49.3 Å². The van der Waals surface area contributed by atoms with Crippen molar-refractivity contribution in [3.8, 4) is 0 Å². The van der Waals surface area contributed by atoms with Crippen LogP contribution in [0.5, 0.6) is 0 Å². The summed E-state index contributed by atoms with van der Waals surface area (Å²) >= 11 is 0. The molecule has 1 fully saturated rings. The molecule has 1 saturated carbocycles. The Morgan fingerprint density at radius 2 is 2.18 bits per heavy atom. The van der Waals surface area contributed by atoms with Gasteiger partial charge < -0.3 is 10.4 Å². The highest BCUT2D eigenvalue weighted by Gasteiger charge is 2.34. The molecule has 2 unspecified atom stereocenters. The molecule has 3 heteroatoms. The summed E-state index contributed by atoms with van der Waals surface area (Å²) in [7, 11) is 0. The van der Waals surface area contributed by atoms with Crippen molar-refractivity contribution < 1.29 is 9.90 Å².